The van der Waals surface area contributed by atoms with Crippen molar-refractivity contribution in [3.05, 3.63) is 0 Å². The van der Waals surface area contributed by atoms with Crippen LogP contribution in [0.4, 0.5) is 4.79 Å². The van der Waals surface area contributed by atoms with Crippen molar-refractivity contribution in [1.29, 1.82) is 0 Å². The Kier molecular flexibility index (Phi) is 4.58. The predicted molar refractivity (Wildman–Crippen MR) is 38.6 cm³/mol. The Hall–Kier alpha value is -1.50. The fraction of sp³-hybridized carbons (Fsp3) is 0.429. The molecule has 4 nitrogen and oxygen atoms in total. The molecule has 0 fully saturated rings. The minimum Gasteiger partial charge on any atom is -0.450 e. The van der Waals surface area contributed by atoms with Crippen LogP contribution in [-0.2, 0) is 9.53 Å². The molecule has 0 heterocycles. The quantitative estimate of drug-likeness (QED) is 0.583. The standard InChI is InChI=1S/C7H9NO3/c1-3-5-6(9)8-7(10)11-4-2/h1H,4-5H2,2H3,(H,8,9,10). The number of carbonyl (C=O) groups excluding carboxylic acids is 2. The first-order chi connectivity index (χ1) is 5.20. The summed E-state index contributed by atoms with van der Waals surface area (Å²) in [5, 5.41) is 1.94. The van der Waals surface area contributed by atoms with Crippen LogP contribution in [0, 0.1) is 12.3 Å². The van der Waals surface area contributed by atoms with Gasteiger partial charge in [0.25, 0.3) is 0 Å². The van der Waals surface area contributed by atoms with Crippen molar-refractivity contribution in [2.24, 2.45) is 0 Å². The van der Waals surface area contributed by atoms with Crippen molar-refractivity contribution in [2.75, 3.05) is 6.61 Å². The Morgan fingerprint density at radius 1 is 1.64 bits per heavy atom. The highest BCUT2D eigenvalue weighted by Gasteiger charge is 2.04. The molecule has 0 aromatic rings. The summed E-state index contributed by atoms with van der Waals surface area (Å²) in [6.07, 6.45) is 3.95. The van der Waals surface area contributed by atoms with Crippen LogP contribution in [-0.4, -0.2) is 18.6 Å². The average molecular weight is 155 g/mol. The zero-order valence-corrected chi connectivity index (χ0v) is 6.22. The summed E-state index contributed by atoms with van der Waals surface area (Å²) < 4.78 is 4.42. The van der Waals surface area contributed by atoms with Crippen LogP contribution in [0.1, 0.15) is 13.3 Å². The molecule has 0 aromatic carbocycles. The van der Waals surface area contributed by atoms with Gasteiger partial charge in [-0.15, -0.1) is 6.42 Å². The van der Waals surface area contributed by atoms with Crippen molar-refractivity contribution in [3.8, 4) is 12.3 Å². The molecule has 0 aliphatic heterocycles. The smallest absolute Gasteiger partial charge is 0.413 e. The van der Waals surface area contributed by atoms with E-state index in [1.807, 2.05) is 5.32 Å². The van der Waals surface area contributed by atoms with Gasteiger partial charge in [0.05, 0.1) is 13.0 Å². The molecular weight excluding hydrogens is 146 g/mol. The largest absolute Gasteiger partial charge is 0.450 e. The van der Waals surface area contributed by atoms with E-state index in [1.165, 1.54) is 0 Å². The lowest BCUT2D eigenvalue weighted by Crippen LogP contribution is -2.30. The Morgan fingerprint density at radius 2 is 2.27 bits per heavy atom. The second kappa shape index (κ2) is 5.30. The molecule has 0 rings (SSSR count). The summed E-state index contributed by atoms with van der Waals surface area (Å²) >= 11 is 0. The lowest BCUT2D eigenvalue weighted by molar-refractivity contribution is -0.119. The van der Waals surface area contributed by atoms with Crippen molar-refractivity contribution in [1.82, 2.24) is 5.32 Å². The maximum Gasteiger partial charge on any atom is 0.413 e. The molecule has 0 radical (unpaired) electrons. The third-order valence-electron chi connectivity index (χ3n) is 0.780. The minimum absolute atomic E-state index is 0.112. The third kappa shape index (κ3) is 4.97. The number of hydrogen-bond acceptors (Lipinski definition) is 3. The van der Waals surface area contributed by atoms with Gasteiger partial charge in [-0.25, -0.2) is 4.79 Å². The summed E-state index contributed by atoms with van der Waals surface area (Å²) in [7, 11) is 0. The molecule has 60 valence electrons. The normalized spacial score (nSPS) is 8.00. The molecule has 0 aromatic heterocycles. The summed E-state index contributed by atoms with van der Waals surface area (Å²) in [6, 6.07) is 0. The molecule has 0 aliphatic carbocycles. The van der Waals surface area contributed by atoms with Gasteiger partial charge in [0.1, 0.15) is 0 Å². The lowest BCUT2D eigenvalue weighted by atomic mass is 10.4. The van der Waals surface area contributed by atoms with Crippen molar-refractivity contribution in [2.45, 2.75) is 13.3 Å². The van der Waals surface area contributed by atoms with Crippen LogP contribution in [0.25, 0.3) is 0 Å². The number of rotatable bonds is 2. The van der Waals surface area contributed by atoms with E-state index in [0.717, 1.165) is 0 Å². The number of terminal acetylenes is 1. The first kappa shape index (κ1) is 9.50. The zero-order chi connectivity index (χ0) is 8.69. The van der Waals surface area contributed by atoms with E-state index >= 15 is 0 Å². The van der Waals surface area contributed by atoms with Crippen molar-refractivity contribution >= 4 is 12.0 Å². The number of amides is 2. The molecule has 0 spiro atoms. The van der Waals surface area contributed by atoms with Gasteiger partial charge in [-0.2, -0.15) is 0 Å². The van der Waals surface area contributed by atoms with Crippen LogP contribution in [0.2, 0.25) is 0 Å². The molecule has 0 aliphatic rings. The van der Waals surface area contributed by atoms with Gasteiger partial charge < -0.3 is 4.74 Å². The van der Waals surface area contributed by atoms with E-state index < -0.39 is 12.0 Å². The van der Waals surface area contributed by atoms with Crippen LogP contribution in [0.15, 0.2) is 0 Å². The topological polar surface area (TPSA) is 55.4 Å². The third-order valence-corrected chi connectivity index (χ3v) is 0.780. The Labute approximate surface area is 64.9 Å². The molecular formula is C7H9NO3. The summed E-state index contributed by atoms with van der Waals surface area (Å²) in [6.45, 7) is 1.88. The number of carbonyl (C=O) groups is 2. The highest BCUT2D eigenvalue weighted by Crippen LogP contribution is 1.79. The fourth-order valence-corrected chi connectivity index (χ4v) is 0.418. The van der Waals surface area contributed by atoms with E-state index in [-0.39, 0.29) is 13.0 Å². The van der Waals surface area contributed by atoms with E-state index in [2.05, 4.69) is 10.7 Å². The van der Waals surface area contributed by atoms with Crippen LogP contribution < -0.4 is 5.32 Å². The average Bonchev–Trinajstić information content (AvgIpc) is 1.87. The molecule has 2 amide bonds. The van der Waals surface area contributed by atoms with Gasteiger partial charge >= 0.3 is 6.09 Å². The molecule has 11 heavy (non-hydrogen) atoms. The number of alkyl carbamates (subject to hydrolysis) is 1. The van der Waals surface area contributed by atoms with Crippen LogP contribution in [0.5, 0.6) is 0 Å². The van der Waals surface area contributed by atoms with E-state index in [0.29, 0.717) is 0 Å². The van der Waals surface area contributed by atoms with Gasteiger partial charge in [0, 0.05) is 0 Å². The number of hydrogen-bond donors (Lipinski definition) is 1. The van der Waals surface area contributed by atoms with Crippen LogP contribution >= 0.6 is 0 Å². The van der Waals surface area contributed by atoms with Gasteiger partial charge in [-0.1, -0.05) is 5.92 Å². The van der Waals surface area contributed by atoms with Gasteiger partial charge in [-0.3, -0.25) is 10.1 Å². The van der Waals surface area contributed by atoms with Crippen molar-refractivity contribution < 1.29 is 14.3 Å². The number of imide groups is 1. The molecule has 0 saturated carbocycles. The van der Waals surface area contributed by atoms with Crippen molar-refractivity contribution in [3.63, 3.8) is 0 Å². The van der Waals surface area contributed by atoms with E-state index in [1.54, 1.807) is 6.92 Å². The van der Waals surface area contributed by atoms with Gasteiger partial charge in [0.15, 0.2) is 0 Å². The maximum absolute atomic E-state index is 10.6. The summed E-state index contributed by atoms with van der Waals surface area (Å²) in [5.41, 5.74) is 0. The second-order valence-corrected chi connectivity index (χ2v) is 1.65. The zero-order valence-electron chi connectivity index (χ0n) is 6.22. The molecule has 0 unspecified atom stereocenters. The Bertz CT molecular complexity index is 192. The van der Waals surface area contributed by atoms with Gasteiger partial charge in [0.2, 0.25) is 5.91 Å². The first-order valence-electron chi connectivity index (χ1n) is 3.10. The second-order valence-electron chi connectivity index (χ2n) is 1.65. The Morgan fingerprint density at radius 3 is 2.73 bits per heavy atom. The number of ether oxygens (including phenoxy) is 1. The predicted octanol–water partition coefficient (Wildman–Crippen LogP) is 0.282. The molecule has 4 heteroatoms. The fourth-order valence-electron chi connectivity index (χ4n) is 0.418. The molecule has 0 saturated heterocycles. The summed E-state index contributed by atoms with van der Waals surface area (Å²) in [4.78, 5) is 21.1. The van der Waals surface area contributed by atoms with E-state index in [9.17, 15) is 9.59 Å². The van der Waals surface area contributed by atoms with Gasteiger partial charge in [-0.05, 0) is 6.92 Å². The first-order valence-corrected chi connectivity index (χ1v) is 3.10. The van der Waals surface area contributed by atoms with E-state index in [4.69, 9.17) is 6.42 Å². The maximum atomic E-state index is 10.6. The monoisotopic (exact) mass is 155 g/mol. The minimum atomic E-state index is -0.757. The lowest BCUT2D eigenvalue weighted by Gasteiger charge is -2.00. The summed E-state index contributed by atoms with van der Waals surface area (Å²) in [5.74, 6) is 1.57. The highest BCUT2D eigenvalue weighted by molar-refractivity contribution is 5.92. The highest BCUT2D eigenvalue weighted by atomic mass is 16.5. The molecule has 0 bridgehead atoms. The molecule has 1 N–H and O–H groups in total. The molecule has 0 atom stereocenters. The SMILES string of the molecule is C#CCC(=O)NC(=O)OCC. The Balaban J connectivity index is 3.60. The van der Waals surface area contributed by atoms with Crippen LogP contribution in [0.3, 0.4) is 0 Å². The number of nitrogens with one attached hydrogen (secondary N) is 1.